The van der Waals surface area contributed by atoms with E-state index in [1.807, 2.05) is 42.5 Å². The smallest absolute Gasteiger partial charge is 0.118 e. The summed E-state index contributed by atoms with van der Waals surface area (Å²) in [5.74, 6) is 0.817. The molecule has 0 radical (unpaired) electrons. The van der Waals surface area contributed by atoms with Gasteiger partial charge in [-0.2, -0.15) is 0 Å². The molecule has 0 unspecified atom stereocenters. The molecular formula is C20H28NO2+. The monoisotopic (exact) mass is 314 g/mol. The van der Waals surface area contributed by atoms with Crippen LogP contribution in [0, 0.1) is 0 Å². The Balaban J connectivity index is 2.16. The number of methoxy groups -OCH3 is 1. The van der Waals surface area contributed by atoms with Crippen LogP contribution in [0.4, 0.5) is 0 Å². The zero-order chi connectivity index (χ0) is 16.7. The zero-order valence-corrected chi connectivity index (χ0v) is 14.4. The summed E-state index contributed by atoms with van der Waals surface area (Å²) in [5, 5.41) is 11.3. The van der Waals surface area contributed by atoms with Crippen molar-refractivity contribution in [2.45, 2.75) is 24.9 Å². The van der Waals surface area contributed by atoms with Gasteiger partial charge in [-0.25, -0.2) is 0 Å². The lowest BCUT2D eigenvalue weighted by atomic mass is 9.84. The van der Waals surface area contributed by atoms with Crippen molar-refractivity contribution in [1.82, 2.24) is 0 Å². The molecule has 0 saturated carbocycles. The third-order valence-electron chi connectivity index (χ3n) is 4.34. The summed E-state index contributed by atoms with van der Waals surface area (Å²) in [7, 11) is 5.89. The molecule has 23 heavy (non-hydrogen) atoms. The van der Waals surface area contributed by atoms with E-state index in [-0.39, 0.29) is 0 Å². The van der Waals surface area contributed by atoms with Gasteiger partial charge in [-0.05, 0) is 36.1 Å². The summed E-state index contributed by atoms with van der Waals surface area (Å²) in [6.07, 6.45) is 2.33. The topological polar surface area (TPSA) is 33.9 Å². The standard InChI is InChI=1S/C20H27NO2/c1-21(2)16-15-20(22,14-13-17-7-5-4-6-8-17)18-9-11-19(23-3)12-10-18/h4-12,22H,13-16H2,1-3H3/p+1/t20-/m0/s1. The van der Waals surface area contributed by atoms with Gasteiger partial charge in [0.2, 0.25) is 0 Å². The fourth-order valence-electron chi connectivity index (χ4n) is 2.77. The molecule has 2 aromatic rings. The average Bonchev–Trinajstić information content (AvgIpc) is 2.59. The highest BCUT2D eigenvalue weighted by Crippen LogP contribution is 2.31. The van der Waals surface area contributed by atoms with Crippen LogP contribution in [-0.4, -0.2) is 32.9 Å². The van der Waals surface area contributed by atoms with Crippen LogP contribution >= 0.6 is 0 Å². The lowest BCUT2D eigenvalue weighted by Gasteiger charge is -2.29. The largest absolute Gasteiger partial charge is 0.497 e. The molecule has 0 aliphatic rings. The fourth-order valence-corrected chi connectivity index (χ4v) is 2.77. The van der Waals surface area contributed by atoms with Crippen molar-refractivity contribution in [2.75, 3.05) is 27.7 Å². The van der Waals surface area contributed by atoms with Gasteiger partial charge in [-0.1, -0.05) is 42.5 Å². The van der Waals surface area contributed by atoms with E-state index in [0.29, 0.717) is 0 Å². The van der Waals surface area contributed by atoms with Crippen molar-refractivity contribution < 1.29 is 14.7 Å². The summed E-state index contributed by atoms with van der Waals surface area (Å²) in [4.78, 5) is 1.34. The highest BCUT2D eigenvalue weighted by Gasteiger charge is 2.29. The Labute approximate surface area is 139 Å². The highest BCUT2D eigenvalue weighted by molar-refractivity contribution is 5.31. The van der Waals surface area contributed by atoms with Crippen molar-refractivity contribution in [3.05, 3.63) is 65.7 Å². The Morgan fingerprint density at radius 3 is 2.17 bits per heavy atom. The second-order valence-corrected chi connectivity index (χ2v) is 6.45. The maximum absolute atomic E-state index is 11.3. The minimum absolute atomic E-state index is 0.719. The van der Waals surface area contributed by atoms with Gasteiger partial charge in [0.1, 0.15) is 5.75 Å². The van der Waals surface area contributed by atoms with Gasteiger partial charge in [-0.3, -0.25) is 0 Å². The predicted octanol–water partition coefficient (Wildman–Crippen LogP) is 2.05. The summed E-state index contributed by atoms with van der Waals surface area (Å²) in [6, 6.07) is 18.2. The Bertz CT molecular complexity index is 580. The van der Waals surface area contributed by atoms with Crippen molar-refractivity contribution in [2.24, 2.45) is 0 Å². The van der Waals surface area contributed by atoms with Crippen LogP contribution in [0.15, 0.2) is 54.6 Å². The first-order valence-electron chi connectivity index (χ1n) is 8.23. The molecule has 0 amide bonds. The van der Waals surface area contributed by atoms with Crippen LogP contribution in [0.2, 0.25) is 0 Å². The van der Waals surface area contributed by atoms with Gasteiger partial charge < -0.3 is 14.7 Å². The fraction of sp³-hybridized carbons (Fsp3) is 0.400. The number of aliphatic hydroxyl groups is 1. The molecule has 2 N–H and O–H groups in total. The molecule has 2 rings (SSSR count). The Hall–Kier alpha value is -1.84. The summed E-state index contributed by atoms with van der Waals surface area (Å²) in [6.45, 7) is 0.928. The number of nitrogens with one attached hydrogen (secondary N) is 1. The van der Waals surface area contributed by atoms with Crippen LogP contribution in [0.1, 0.15) is 24.0 Å². The second-order valence-electron chi connectivity index (χ2n) is 6.45. The molecule has 0 aromatic heterocycles. The Morgan fingerprint density at radius 2 is 1.61 bits per heavy atom. The number of hydrogen-bond acceptors (Lipinski definition) is 2. The highest BCUT2D eigenvalue weighted by atomic mass is 16.5. The molecule has 0 aliphatic heterocycles. The number of ether oxygens (including phenoxy) is 1. The molecule has 2 aromatic carbocycles. The molecule has 0 fully saturated rings. The molecule has 3 heteroatoms. The van der Waals surface area contributed by atoms with E-state index < -0.39 is 5.60 Å². The second kappa shape index (κ2) is 8.14. The van der Waals surface area contributed by atoms with Gasteiger partial charge in [-0.15, -0.1) is 0 Å². The van der Waals surface area contributed by atoms with Crippen molar-refractivity contribution in [3.8, 4) is 5.75 Å². The molecular weight excluding hydrogens is 286 g/mol. The summed E-state index contributed by atoms with van der Waals surface area (Å²) in [5.41, 5.74) is 1.42. The number of quaternary nitrogens is 1. The molecule has 0 aliphatic carbocycles. The van der Waals surface area contributed by atoms with E-state index >= 15 is 0 Å². The predicted molar refractivity (Wildman–Crippen MR) is 93.9 cm³/mol. The minimum atomic E-state index is -0.806. The summed E-state index contributed by atoms with van der Waals surface area (Å²) >= 11 is 0. The van der Waals surface area contributed by atoms with E-state index in [0.717, 1.165) is 37.1 Å². The molecule has 0 bridgehead atoms. The quantitative estimate of drug-likeness (QED) is 0.782. The third-order valence-corrected chi connectivity index (χ3v) is 4.34. The normalized spacial score (nSPS) is 13.8. The maximum atomic E-state index is 11.3. The molecule has 1 atom stereocenters. The van der Waals surface area contributed by atoms with Crippen LogP contribution in [0.25, 0.3) is 0 Å². The number of hydrogen-bond donors (Lipinski definition) is 2. The number of aryl methyl sites for hydroxylation is 1. The van der Waals surface area contributed by atoms with Crippen molar-refractivity contribution >= 4 is 0 Å². The van der Waals surface area contributed by atoms with Crippen LogP contribution in [-0.2, 0) is 12.0 Å². The molecule has 0 heterocycles. The Morgan fingerprint density at radius 1 is 0.957 bits per heavy atom. The molecule has 124 valence electrons. The van der Waals surface area contributed by atoms with Gasteiger partial charge in [0.15, 0.2) is 0 Å². The summed E-state index contributed by atoms with van der Waals surface area (Å²) < 4.78 is 5.22. The van der Waals surface area contributed by atoms with Crippen molar-refractivity contribution in [1.29, 1.82) is 0 Å². The van der Waals surface area contributed by atoms with E-state index in [9.17, 15) is 5.11 Å². The minimum Gasteiger partial charge on any atom is -0.497 e. The van der Waals surface area contributed by atoms with E-state index in [1.165, 1.54) is 10.5 Å². The first-order valence-corrected chi connectivity index (χ1v) is 8.23. The number of rotatable bonds is 8. The van der Waals surface area contributed by atoms with Crippen LogP contribution in [0.5, 0.6) is 5.75 Å². The average molecular weight is 314 g/mol. The van der Waals surface area contributed by atoms with E-state index in [4.69, 9.17) is 4.74 Å². The molecule has 0 spiro atoms. The number of benzene rings is 2. The van der Waals surface area contributed by atoms with E-state index in [1.54, 1.807) is 7.11 Å². The van der Waals surface area contributed by atoms with Crippen LogP contribution in [0.3, 0.4) is 0 Å². The zero-order valence-electron chi connectivity index (χ0n) is 14.4. The molecule has 3 nitrogen and oxygen atoms in total. The Kier molecular flexibility index (Phi) is 6.20. The van der Waals surface area contributed by atoms with Gasteiger partial charge in [0.25, 0.3) is 0 Å². The lowest BCUT2D eigenvalue weighted by Crippen LogP contribution is -3.05. The SMILES string of the molecule is COc1ccc([C@](O)(CCc2ccccc2)CC[NH+](C)C)cc1. The van der Waals surface area contributed by atoms with Gasteiger partial charge in [0.05, 0.1) is 33.4 Å². The molecule has 0 saturated heterocycles. The van der Waals surface area contributed by atoms with E-state index in [2.05, 4.69) is 26.2 Å². The van der Waals surface area contributed by atoms with Gasteiger partial charge >= 0.3 is 0 Å². The first-order chi connectivity index (χ1) is 11.0. The third kappa shape index (κ3) is 5.08. The first kappa shape index (κ1) is 17.5. The maximum Gasteiger partial charge on any atom is 0.118 e. The van der Waals surface area contributed by atoms with Crippen LogP contribution < -0.4 is 9.64 Å². The lowest BCUT2D eigenvalue weighted by molar-refractivity contribution is -0.859. The van der Waals surface area contributed by atoms with Crippen molar-refractivity contribution in [3.63, 3.8) is 0 Å². The van der Waals surface area contributed by atoms with Gasteiger partial charge in [0, 0.05) is 6.42 Å².